The molecule has 35 heavy (non-hydrogen) atoms. The van der Waals surface area contributed by atoms with Gasteiger partial charge in [-0.1, -0.05) is 51.0 Å². The topological polar surface area (TPSA) is 29.5 Å². The molecule has 196 valence electrons. The summed E-state index contributed by atoms with van der Waals surface area (Å²) >= 11 is 0. The highest BCUT2D eigenvalue weighted by molar-refractivity contribution is 5.69. The minimum Gasteiger partial charge on any atom is -0.466 e. The van der Waals surface area contributed by atoms with Crippen molar-refractivity contribution in [2.75, 3.05) is 19.7 Å². The van der Waals surface area contributed by atoms with E-state index in [4.69, 9.17) is 4.74 Å². The zero-order valence-corrected chi connectivity index (χ0v) is 22.3. The van der Waals surface area contributed by atoms with Gasteiger partial charge in [0.15, 0.2) is 0 Å². The fourth-order valence-electron chi connectivity index (χ4n) is 7.56. The van der Waals surface area contributed by atoms with Crippen molar-refractivity contribution in [1.82, 2.24) is 4.90 Å². The van der Waals surface area contributed by atoms with E-state index < -0.39 is 0 Å². The number of nitrogens with zero attached hydrogens (tertiary/aromatic N) is 1. The summed E-state index contributed by atoms with van der Waals surface area (Å²) in [5.74, 6) is 1.88. The molecule has 3 nitrogen and oxygen atoms in total. The molecule has 0 radical (unpaired) electrons. The van der Waals surface area contributed by atoms with Crippen LogP contribution < -0.4 is 0 Å². The molecule has 1 aromatic carbocycles. The van der Waals surface area contributed by atoms with Gasteiger partial charge in [-0.05, 0) is 93.4 Å². The Hall–Kier alpha value is -1.42. The first-order valence-corrected chi connectivity index (χ1v) is 14.7. The third-order valence-corrected chi connectivity index (χ3v) is 9.23. The highest BCUT2D eigenvalue weighted by atomic mass is 19.1. The highest BCUT2D eigenvalue weighted by Gasteiger charge is 2.40. The summed E-state index contributed by atoms with van der Waals surface area (Å²) in [5, 5.41) is 0. The molecule has 0 N–H and O–H groups in total. The maximum Gasteiger partial charge on any atom is 0.306 e. The molecule has 0 bridgehead atoms. The van der Waals surface area contributed by atoms with E-state index in [2.05, 4.69) is 11.8 Å². The van der Waals surface area contributed by atoms with Crippen molar-refractivity contribution < 1.29 is 13.9 Å². The summed E-state index contributed by atoms with van der Waals surface area (Å²) in [7, 11) is 0. The van der Waals surface area contributed by atoms with Crippen molar-refractivity contribution in [2.24, 2.45) is 17.8 Å². The van der Waals surface area contributed by atoms with Crippen LogP contribution in [0.3, 0.4) is 0 Å². The lowest BCUT2D eigenvalue weighted by Crippen LogP contribution is -2.49. The number of rotatable bonds is 9. The summed E-state index contributed by atoms with van der Waals surface area (Å²) in [4.78, 5) is 15.5. The van der Waals surface area contributed by atoms with Gasteiger partial charge in [0.25, 0.3) is 0 Å². The van der Waals surface area contributed by atoms with E-state index in [0.717, 1.165) is 30.2 Å². The van der Waals surface area contributed by atoms with Gasteiger partial charge in [0.2, 0.25) is 0 Å². The highest BCUT2D eigenvalue weighted by Crippen LogP contribution is 2.45. The Bertz CT molecular complexity index is 779. The number of benzene rings is 1. The van der Waals surface area contributed by atoms with Crippen LogP contribution in [0.25, 0.3) is 0 Å². The number of carbonyl (C=O) groups excluding carboxylic acids is 1. The maximum absolute atomic E-state index is 14.1. The van der Waals surface area contributed by atoms with E-state index in [1.807, 2.05) is 13.0 Å². The Morgan fingerprint density at radius 2 is 1.54 bits per heavy atom. The quantitative estimate of drug-likeness (QED) is 0.334. The van der Waals surface area contributed by atoms with Crippen molar-refractivity contribution in [1.29, 1.82) is 0 Å². The van der Waals surface area contributed by atoms with E-state index in [9.17, 15) is 9.18 Å². The first-order valence-electron chi connectivity index (χ1n) is 14.7. The van der Waals surface area contributed by atoms with Crippen LogP contribution in [-0.4, -0.2) is 36.6 Å². The zero-order chi connectivity index (χ0) is 24.6. The third kappa shape index (κ3) is 7.31. The van der Waals surface area contributed by atoms with Crippen LogP contribution in [0.2, 0.25) is 0 Å². The molecule has 4 rings (SSSR count). The Balaban J connectivity index is 1.64. The van der Waals surface area contributed by atoms with Gasteiger partial charge < -0.3 is 4.74 Å². The Morgan fingerprint density at radius 3 is 2.11 bits per heavy atom. The SMILES string of the molecule is CCOC(=O)CC1CCCC(N(CC2CCCCC2)CC2CCCCC2)C1c1ccc(F)cc1C. The smallest absolute Gasteiger partial charge is 0.306 e. The molecule has 0 amide bonds. The van der Waals surface area contributed by atoms with E-state index in [0.29, 0.717) is 19.1 Å². The van der Waals surface area contributed by atoms with Gasteiger partial charge in [-0.25, -0.2) is 4.39 Å². The summed E-state index contributed by atoms with van der Waals surface area (Å²) in [6.07, 6.45) is 17.6. The molecule has 3 atom stereocenters. The number of hydrogen-bond donors (Lipinski definition) is 0. The molecular weight excluding hydrogens is 437 g/mol. The molecule has 1 aromatic rings. The lowest BCUT2D eigenvalue weighted by molar-refractivity contribution is -0.145. The minimum absolute atomic E-state index is 0.0750. The van der Waals surface area contributed by atoms with E-state index in [1.165, 1.54) is 89.3 Å². The number of halogens is 1. The molecule has 3 fully saturated rings. The summed E-state index contributed by atoms with van der Waals surface area (Å²) < 4.78 is 19.5. The minimum atomic E-state index is -0.165. The van der Waals surface area contributed by atoms with E-state index in [1.54, 1.807) is 12.1 Å². The lowest BCUT2D eigenvalue weighted by atomic mass is 9.69. The first-order chi connectivity index (χ1) is 17.0. The van der Waals surface area contributed by atoms with Gasteiger partial charge >= 0.3 is 5.97 Å². The van der Waals surface area contributed by atoms with Crippen LogP contribution in [-0.2, 0) is 9.53 Å². The summed E-state index contributed by atoms with van der Waals surface area (Å²) in [6.45, 7) is 6.77. The molecule has 0 saturated heterocycles. The average molecular weight is 486 g/mol. The Labute approximate surface area is 213 Å². The average Bonchev–Trinajstić information content (AvgIpc) is 2.85. The molecule has 3 aliphatic rings. The van der Waals surface area contributed by atoms with Crippen LogP contribution in [0.4, 0.5) is 4.39 Å². The predicted molar refractivity (Wildman–Crippen MR) is 141 cm³/mol. The Kier molecular flexibility index (Phi) is 10.1. The summed E-state index contributed by atoms with van der Waals surface area (Å²) in [6, 6.07) is 5.76. The van der Waals surface area contributed by atoms with Crippen LogP contribution in [0.1, 0.15) is 114 Å². The van der Waals surface area contributed by atoms with Gasteiger partial charge in [0.05, 0.1) is 6.61 Å². The fraction of sp³-hybridized carbons (Fsp3) is 0.774. The van der Waals surface area contributed by atoms with Gasteiger partial charge in [-0.2, -0.15) is 0 Å². The van der Waals surface area contributed by atoms with Gasteiger partial charge in [-0.3, -0.25) is 9.69 Å². The van der Waals surface area contributed by atoms with Crippen molar-refractivity contribution in [3.05, 3.63) is 35.1 Å². The Morgan fingerprint density at radius 1 is 0.914 bits per heavy atom. The molecule has 4 heteroatoms. The second-order valence-corrected chi connectivity index (χ2v) is 11.8. The number of hydrogen-bond acceptors (Lipinski definition) is 3. The van der Waals surface area contributed by atoms with Crippen molar-refractivity contribution >= 4 is 5.97 Å². The van der Waals surface area contributed by atoms with Gasteiger partial charge in [-0.15, -0.1) is 0 Å². The van der Waals surface area contributed by atoms with E-state index in [-0.39, 0.29) is 23.6 Å². The molecule has 0 aliphatic heterocycles. The largest absolute Gasteiger partial charge is 0.466 e. The maximum atomic E-state index is 14.1. The fourth-order valence-corrected chi connectivity index (χ4v) is 7.56. The predicted octanol–water partition coefficient (Wildman–Crippen LogP) is 7.80. The molecular formula is C31H48FNO2. The number of ether oxygens (including phenoxy) is 1. The third-order valence-electron chi connectivity index (χ3n) is 9.23. The number of esters is 1. The van der Waals surface area contributed by atoms with Crippen LogP contribution in [0.5, 0.6) is 0 Å². The second kappa shape index (κ2) is 13.2. The van der Waals surface area contributed by atoms with E-state index >= 15 is 0 Å². The first kappa shape index (κ1) is 26.6. The molecule has 0 aromatic heterocycles. The normalized spacial score (nSPS) is 26.7. The lowest BCUT2D eigenvalue weighted by Gasteiger charge is -2.47. The second-order valence-electron chi connectivity index (χ2n) is 11.8. The molecule has 0 heterocycles. The number of aryl methyl sites for hydroxylation is 1. The van der Waals surface area contributed by atoms with Crippen LogP contribution >= 0.6 is 0 Å². The number of carbonyl (C=O) groups is 1. The zero-order valence-electron chi connectivity index (χ0n) is 22.3. The monoisotopic (exact) mass is 485 g/mol. The van der Waals surface area contributed by atoms with Crippen molar-refractivity contribution in [3.63, 3.8) is 0 Å². The molecule has 0 spiro atoms. The molecule has 3 saturated carbocycles. The van der Waals surface area contributed by atoms with Gasteiger partial charge in [0.1, 0.15) is 5.82 Å². The molecule has 3 unspecified atom stereocenters. The van der Waals surface area contributed by atoms with Gasteiger partial charge in [0, 0.05) is 31.5 Å². The molecule has 3 aliphatic carbocycles. The van der Waals surface area contributed by atoms with Crippen LogP contribution in [0.15, 0.2) is 18.2 Å². The van der Waals surface area contributed by atoms with Crippen LogP contribution in [0, 0.1) is 30.5 Å². The summed E-state index contributed by atoms with van der Waals surface area (Å²) in [5.41, 5.74) is 2.29. The standard InChI is InChI=1S/C31H48FNO2/c1-3-35-30(34)20-26-15-10-16-29(31(26)28-18-17-27(32)19-23(28)2)33(21-24-11-6-4-7-12-24)22-25-13-8-5-9-14-25/h17-19,24-26,29,31H,3-16,20-22H2,1-2H3. The van der Waals surface area contributed by atoms with Crippen molar-refractivity contribution in [2.45, 2.75) is 116 Å². The van der Waals surface area contributed by atoms with Crippen molar-refractivity contribution in [3.8, 4) is 0 Å².